The number of ether oxygens (including phenoxy) is 1. The van der Waals surface area contributed by atoms with Crippen LogP contribution in [0.2, 0.25) is 0 Å². The van der Waals surface area contributed by atoms with Gasteiger partial charge in [-0.05, 0) is 32.0 Å². The average Bonchev–Trinajstić information content (AvgIpc) is 2.54. The third-order valence-corrected chi connectivity index (χ3v) is 2.98. The fourth-order valence-electron chi connectivity index (χ4n) is 2.18. The molecule has 0 spiro atoms. The van der Waals surface area contributed by atoms with Crippen LogP contribution in [0.25, 0.3) is 10.9 Å². The summed E-state index contributed by atoms with van der Waals surface area (Å²) < 4.78 is 7.46. The smallest absolute Gasteiger partial charge is 0.128 e. The minimum absolute atomic E-state index is 0.626. The van der Waals surface area contributed by atoms with Gasteiger partial charge in [0.05, 0.1) is 18.2 Å². The zero-order valence-electron chi connectivity index (χ0n) is 10.8. The van der Waals surface area contributed by atoms with Crippen molar-refractivity contribution in [1.29, 1.82) is 0 Å². The van der Waals surface area contributed by atoms with E-state index >= 15 is 0 Å². The van der Waals surface area contributed by atoms with E-state index in [-0.39, 0.29) is 0 Å². The van der Waals surface area contributed by atoms with Gasteiger partial charge in [0.2, 0.25) is 0 Å². The number of methoxy groups -OCH3 is 1. The fourth-order valence-corrected chi connectivity index (χ4v) is 2.18. The molecular weight excluding hydrogens is 214 g/mol. The molecule has 2 rings (SSSR count). The van der Waals surface area contributed by atoms with Gasteiger partial charge in [0.1, 0.15) is 5.75 Å². The summed E-state index contributed by atoms with van der Waals surface area (Å²) in [5.74, 6) is 0.875. The third-order valence-electron chi connectivity index (χ3n) is 2.98. The van der Waals surface area contributed by atoms with Gasteiger partial charge in [-0.2, -0.15) is 0 Å². The van der Waals surface area contributed by atoms with E-state index in [1.54, 1.807) is 7.11 Å². The van der Waals surface area contributed by atoms with E-state index in [2.05, 4.69) is 16.7 Å². The van der Waals surface area contributed by atoms with Crippen LogP contribution in [0.3, 0.4) is 0 Å². The fraction of sp³-hybridized carbons (Fsp3) is 0.429. The van der Waals surface area contributed by atoms with E-state index in [4.69, 9.17) is 4.74 Å². The molecule has 1 N–H and O–H groups in total. The highest BCUT2D eigenvalue weighted by Crippen LogP contribution is 2.29. The summed E-state index contributed by atoms with van der Waals surface area (Å²) in [5, 5.41) is 11.0. The Bertz CT molecular complexity index is 535. The number of rotatable bonds is 3. The lowest BCUT2D eigenvalue weighted by Crippen LogP contribution is -2.23. The van der Waals surface area contributed by atoms with E-state index in [1.807, 2.05) is 33.0 Å². The van der Waals surface area contributed by atoms with Crippen molar-refractivity contribution in [3.63, 3.8) is 0 Å². The lowest BCUT2D eigenvalue weighted by atomic mass is 10.0. The van der Waals surface area contributed by atoms with Gasteiger partial charge in [0.25, 0.3) is 0 Å². The number of aryl methyl sites for hydroxylation is 1. The predicted molar refractivity (Wildman–Crippen MR) is 69.5 cm³/mol. The molecule has 0 bridgehead atoms. The van der Waals surface area contributed by atoms with E-state index in [1.165, 1.54) is 0 Å². The van der Waals surface area contributed by atoms with Gasteiger partial charge < -0.3 is 14.4 Å². The van der Waals surface area contributed by atoms with Gasteiger partial charge in [0.15, 0.2) is 0 Å². The summed E-state index contributed by atoms with van der Waals surface area (Å²) in [7, 11) is 3.69. The molecule has 0 aliphatic heterocycles. The van der Waals surface area contributed by atoms with Crippen LogP contribution in [0.4, 0.5) is 0 Å². The molecule has 17 heavy (non-hydrogen) atoms. The summed E-state index contributed by atoms with van der Waals surface area (Å²) in [6.07, 6.45) is 0.626. The first-order chi connectivity index (χ1) is 7.92. The highest BCUT2D eigenvalue weighted by Gasteiger charge is 2.17. The van der Waals surface area contributed by atoms with E-state index in [0.717, 1.165) is 22.3 Å². The molecule has 0 saturated heterocycles. The number of nitrogens with zero attached hydrogens (tertiary/aromatic N) is 1. The third kappa shape index (κ3) is 2.29. The Morgan fingerprint density at radius 1 is 1.35 bits per heavy atom. The summed E-state index contributed by atoms with van der Waals surface area (Å²) in [6, 6.07) is 8.09. The van der Waals surface area contributed by atoms with Crippen molar-refractivity contribution >= 4 is 10.9 Å². The molecule has 0 amide bonds. The second kappa shape index (κ2) is 4.08. The predicted octanol–water partition coefficient (Wildman–Crippen LogP) is 2.50. The minimum Gasteiger partial charge on any atom is -0.496 e. The van der Waals surface area contributed by atoms with E-state index < -0.39 is 5.60 Å². The van der Waals surface area contributed by atoms with Crippen LogP contribution in [0, 0.1) is 0 Å². The van der Waals surface area contributed by atoms with Gasteiger partial charge in [-0.25, -0.2) is 0 Å². The lowest BCUT2D eigenvalue weighted by Gasteiger charge is -2.17. The van der Waals surface area contributed by atoms with Crippen molar-refractivity contribution in [1.82, 2.24) is 4.57 Å². The molecule has 0 radical (unpaired) electrons. The Hall–Kier alpha value is -1.48. The summed E-state index contributed by atoms with van der Waals surface area (Å²) >= 11 is 0. The highest BCUT2D eigenvalue weighted by atomic mass is 16.5. The molecular formula is C14H19NO2. The van der Waals surface area contributed by atoms with Crippen molar-refractivity contribution in [3.8, 4) is 5.75 Å². The largest absolute Gasteiger partial charge is 0.496 e. The maximum atomic E-state index is 9.90. The van der Waals surface area contributed by atoms with E-state index in [9.17, 15) is 5.11 Å². The number of fused-ring (bicyclic) bond motifs is 1. The molecule has 1 aromatic carbocycles. The first-order valence-corrected chi connectivity index (χ1v) is 5.76. The molecule has 0 fully saturated rings. The quantitative estimate of drug-likeness (QED) is 0.884. The molecule has 2 aromatic rings. The molecule has 1 aromatic heterocycles. The summed E-state index contributed by atoms with van der Waals surface area (Å²) in [5.41, 5.74) is 1.54. The number of aromatic nitrogens is 1. The first-order valence-electron chi connectivity index (χ1n) is 5.76. The normalized spacial score (nSPS) is 12.1. The molecule has 1 heterocycles. The van der Waals surface area contributed by atoms with Crippen molar-refractivity contribution < 1.29 is 9.84 Å². The second-order valence-electron chi connectivity index (χ2n) is 5.08. The molecule has 0 aliphatic rings. The van der Waals surface area contributed by atoms with Crippen molar-refractivity contribution in [2.24, 2.45) is 7.05 Å². The highest BCUT2D eigenvalue weighted by molar-refractivity contribution is 5.87. The van der Waals surface area contributed by atoms with Crippen molar-refractivity contribution in [2.45, 2.75) is 25.9 Å². The molecule has 0 aliphatic carbocycles. The number of hydrogen-bond acceptors (Lipinski definition) is 2. The van der Waals surface area contributed by atoms with Crippen LogP contribution in [0.15, 0.2) is 24.3 Å². The monoisotopic (exact) mass is 233 g/mol. The van der Waals surface area contributed by atoms with Gasteiger partial charge in [0, 0.05) is 24.5 Å². The molecule has 0 unspecified atom stereocenters. The van der Waals surface area contributed by atoms with Gasteiger partial charge >= 0.3 is 0 Å². The SMILES string of the molecule is COc1cccc2c1cc(CC(C)(C)O)n2C. The van der Waals surface area contributed by atoms with Crippen LogP contribution < -0.4 is 4.74 Å². The van der Waals surface area contributed by atoms with Gasteiger partial charge in [-0.15, -0.1) is 0 Å². The topological polar surface area (TPSA) is 34.4 Å². The zero-order valence-corrected chi connectivity index (χ0v) is 10.8. The number of benzene rings is 1. The van der Waals surface area contributed by atoms with Crippen LogP contribution in [0.5, 0.6) is 5.75 Å². The lowest BCUT2D eigenvalue weighted by molar-refractivity contribution is 0.0793. The number of hydrogen-bond donors (Lipinski definition) is 1. The average molecular weight is 233 g/mol. The van der Waals surface area contributed by atoms with Crippen molar-refractivity contribution in [2.75, 3.05) is 7.11 Å². The Kier molecular flexibility index (Phi) is 2.87. The Morgan fingerprint density at radius 3 is 2.65 bits per heavy atom. The number of aliphatic hydroxyl groups is 1. The van der Waals surface area contributed by atoms with Crippen LogP contribution >= 0.6 is 0 Å². The summed E-state index contributed by atoms with van der Waals surface area (Å²) in [6.45, 7) is 3.64. The van der Waals surface area contributed by atoms with E-state index in [0.29, 0.717) is 6.42 Å². The van der Waals surface area contributed by atoms with Crippen LogP contribution in [-0.4, -0.2) is 22.4 Å². The first kappa shape index (κ1) is 12.0. The molecule has 0 atom stereocenters. The maximum Gasteiger partial charge on any atom is 0.128 e. The zero-order chi connectivity index (χ0) is 12.6. The second-order valence-corrected chi connectivity index (χ2v) is 5.08. The van der Waals surface area contributed by atoms with Crippen LogP contribution in [0.1, 0.15) is 19.5 Å². The Morgan fingerprint density at radius 2 is 2.06 bits per heavy atom. The minimum atomic E-state index is -0.699. The standard InChI is InChI=1S/C14H19NO2/c1-14(2,16)9-10-8-11-12(15(10)3)6-5-7-13(11)17-4/h5-8,16H,9H2,1-4H3. The molecule has 92 valence electrons. The van der Waals surface area contributed by atoms with Gasteiger partial charge in [-0.3, -0.25) is 0 Å². The molecule has 0 saturated carbocycles. The Balaban J connectivity index is 2.56. The summed E-state index contributed by atoms with van der Waals surface area (Å²) in [4.78, 5) is 0. The maximum absolute atomic E-state index is 9.90. The molecule has 3 heteroatoms. The van der Waals surface area contributed by atoms with Crippen molar-refractivity contribution in [3.05, 3.63) is 30.0 Å². The molecule has 3 nitrogen and oxygen atoms in total. The van der Waals surface area contributed by atoms with Crippen LogP contribution in [-0.2, 0) is 13.5 Å². The Labute approximate surface area is 102 Å². The van der Waals surface area contributed by atoms with Gasteiger partial charge in [-0.1, -0.05) is 6.07 Å².